The summed E-state index contributed by atoms with van der Waals surface area (Å²) < 4.78 is 4.59. The average molecular weight is 398 g/mol. The molecule has 0 aliphatic heterocycles. The van der Waals surface area contributed by atoms with Crippen molar-refractivity contribution < 1.29 is 4.57 Å². The van der Waals surface area contributed by atoms with Gasteiger partial charge >= 0.3 is 0 Å². The third-order valence-corrected chi connectivity index (χ3v) is 6.45. The van der Waals surface area contributed by atoms with Crippen LogP contribution in [-0.4, -0.2) is 4.57 Å². The molecule has 0 aliphatic carbocycles. The van der Waals surface area contributed by atoms with Gasteiger partial charge in [-0.2, -0.15) is 9.13 Å². The van der Waals surface area contributed by atoms with E-state index in [0.29, 0.717) is 11.8 Å². The highest BCUT2D eigenvalue weighted by molar-refractivity contribution is 5.74. The van der Waals surface area contributed by atoms with Gasteiger partial charge in [0.25, 0.3) is 6.33 Å². The van der Waals surface area contributed by atoms with E-state index in [-0.39, 0.29) is 0 Å². The summed E-state index contributed by atoms with van der Waals surface area (Å²) in [4.78, 5) is 0. The van der Waals surface area contributed by atoms with E-state index in [1.165, 1.54) is 52.8 Å². The second-order valence-electron chi connectivity index (χ2n) is 8.53. The molecule has 2 atom stereocenters. The minimum Gasteiger partial charge on any atom is -0.195 e. The zero-order valence-electron chi connectivity index (χ0n) is 18.7. The van der Waals surface area contributed by atoms with Crippen molar-refractivity contribution in [2.24, 2.45) is 0 Å². The lowest BCUT2D eigenvalue weighted by molar-refractivity contribution is -0.567. The fourth-order valence-corrected chi connectivity index (χ4v) is 4.29. The molecule has 0 saturated carbocycles. The average Bonchev–Trinajstić information content (AvgIpc) is 3.18. The van der Waals surface area contributed by atoms with E-state index in [4.69, 9.17) is 0 Å². The Bertz CT molecular complexity index is 1100. The van der Waals surface area contributed by atoms with Crippen LogP contribution >= 0.6 is 0 Å². The Labute approximate surface area is 180 Å². The molecule has 4 aromatic rings. The minimum atomic E-state index is 0.596. The maximum absolute atomic E-state index is 2.32. The van der Waals surface area contributed by atoms with Crippen LogP contribution in [0.5, 0.6) is 0 Å². The Hall–Kier alpha value is -2.87. The molecule has 2 nitrogen and oxygen atoms in total. The van der Waals surface area contributed by atoms with Crippen LogP contribution in [0, 0.1) is 0 Å². The van der Waals surface area contributed by atoms with Crippen molar-refractivity contribution in [3.05, 3.63) is 90.3 Å². The Morgan fingerprint density at radius 2 is 1.40 bits per heavy atom. The zero-order chi connectivity index (χ0) is 21.1. The molecule has 1 heterocycles. The highest BCUT2D eigenvalue weighted by Gasteiger charge is 2.19. The Kier molecular flexibility index (Phi) is 6.03. The van der Waals surface area contributed by atoms with E-state index >= 15 is 0 Å². The number of hydrogen-bond acceptors (Lipinski definition) is 0. The maximum Gasteiger partial charge on any atom is 0.255 e. The number of para-hydroxylation sites is 2. The number of benzene rings is 3. The monoisotopic (exact) mass is 397 g/mol. The van der Waals surface area contributed by atoms with E-state index in [2.05, 4.69) is 116 Å². The molecule has 0 spiro atoms. The number of imidazole rings is 1. The predicted molar refractivity (Wildman–Crippen MR) is 127 cm³/mol. The molecule has 2 heteroatoms. The number of nitrogens with zero attached hydrogens (tertiary/aromatic N) is 2. The van der Waals surface area contributed by atoms with Crippen molar-refractivity contribution in [3.63, 3.8) is 0 Å². The molecule has 0 bridgehead atoms. The molecule has 4 rings (SSSR count). The van der Waals surface area contributed by atoms with Crippen LogP contribution < -0.4 is 4.57 Å². The summed E-state index contributed by atoms with van der Waals surface area (Å²) >= 11 is 0. The first kappa shape index (κ1) is 20.4. The second-order valence-corrected chi connectivity index (χ2v) is 8.53. The molecule has 154 valence electrons. The van der Waals surface area contributed by atoms with Gasteiger partial charge in [0.15, 0.2) is 11.0 Å². The summed E-state index contributed by atoms with van der Waals surface area (Å²) in [6, 6.07) is 26.7. The van der Waals surface area contributed by atoms with Gasteiger partial charge in [0.05, 0.1) is 0 Å². The lowest BCUT2D eigenvalue weighted by Crippen LogP contribution is -2.28. The van der Waals surface area contributed by atoms with E-state index in [1.54, 1.807) is 0 Å². The predicted octanol–water partition coefficient (Wildman–Crippen LogP) is 7.32. The van der Waals surface area contributed by atoms with Crippen molar-refractivity contribution in [3.8, 4) is 11.4 Å². The Balaban J connectivity index is 1.74. The summed E-state index contributed by atoms with van der Waals surface area (Å²) in [6.45, 7) is 9.11. The minimum absolute atomic E-state index is 0.596. The molecule has 0 saturated heterocycles. The molecule has 30 heavy (non-hydrogen) atoms. The van der Waals surface area contributed by atoms with E-state index in [0.717, 1.165) is 0 Å². The molecule has 0 N–H and O–H groups in total. The molecule has 0 radical (unpaired) electrons. The third-order valence-electron chi connectivity index (χ3n) is 6.45. The van der Waals surface area contributed by atoms with E-state index in [1.807, 2.05) is 0 Å². The van der Waals surface area contributed by atoms with E-state index in [9.17, 15) is 0 Å². The van der Waals surface area contributed by atoms with Crippen LogP contribution in [0.25, 0.3) is 22.4 Å². The van der Waals surface area contributed by atoms with Gasteiger partial charge in [0.1, 0.15) is 11.4 Å². The van der Waals surface area contributed by atoms with Gasteiger partial charge in [0.2, 0.25) is 0 Å². The van der Waals surface area contributed by atoms with Crippen LogP contribution in [0.4, 0.5) is 0 Å². The summed E-state index contributed by atoms with van der Waals surface area (Å²) in [5.41, 5.74) is 7.67. The summed E-state index contributed by atoms with van der Waals surface area (Å²) in [5, 5.41) is 0. The Morgan fingerprint density at radius 1 is 0.767 bits per heavy atom. The normalized spacial score (nSPS) is 13.5. The second kappa shape index (κ2) is 8.87. The van der Waals surface area contributed by atoms with Crippen LogP contribution in [0.3, 0.4) is 0 Å². The van der Waals surface area contributed by atoms with E-state index < -0.39 is 0 Å². The topological polar surface area (TPSA) is 8.81 Å². The van der Waals surface area contributed by atoms with Crippen molar-refractivity contribution in [1.29, 1.82) is 0 Å². The fourth-order valence-electron chi connectivity index (χ4n) is 4.29. The smallest absolute Gasteiger partial charge is 0.195 e. The van der Waals surface area contributed by atoms with Crippen LogP contribution in [0.2, 0.25) is 0 Å². The van der Waals surface area contributed by atoms with Gasteiger partial charge in [0, 0.05) is 0 Å². The summed E-state index contributed by atoms with van der Waals surface area (Å²) in [7, 11) is 0. The highest BCUT2D eigenvalue weighted by Crippen LogP contribution is 2.24. The van der Waals surface area contributed by atoms with Crippen molar-refractivity contribution in [2.75, 3.05) is 0 Å². The van der Waals surface area contributed by atoms with Crippen molar-refractivity contribution >= 4 is 11.0 Å². The first-order valence-corrected chi connectivity index (χ1v) is 11.3. The molecule has 2 unspecified atom stereocenters. The number of aromatic nitrogens is 2. The zero-order valence-corrected chi connectivity index (χ0v) is 18.7. The molecule has 0 amide bonds. The first-order valence-electron chi connectivity index (χ1n) is 11.3. The maximum atomic E-state index is 2.32. The van der Waals surface area contributed by atoms with Gasteiger partial charge in [-0.3, -0.25) is 0 Å². The molecular formula is C28H33N2+. The lowest BCUT2D eigenvalue weighted by Gasteiger charge is -2.10. The number of rotatable bonds is 7. The van der Waals surface area contributed by atoms with Gasteiger partial charge in [-0.15, -0.1) is 0 Å². The van der Waals surface area contributed by atoms with Crippen molar-refractivity contribution in [1.82, 2.24) is 4.57 Å². The standard InChI is InChI=1S/C28H33N2/c1-5-9-22(4)24-14-18-26(19-15-24)30-20-29(27-10-7-8-11-28(27)30)25-16-12-23(13-17-25)21(3)6-2/h7-8,10-22H,5-6,9H2,1-4H3/q+1. The quantitative estimate of drug-likeness (QED) is 0.289. The first-order chi connectivity index (χ1) is 14.6. The summed E-state index contributed by atoms with van der Waals surface area (Å²) in [5.74, 6) is 1.21. The molecule has 3 aromatic carbocycles. The number of hydrogen-bond donors (Lipinski definition) is 0. The highest BCUT2D eigenvalue weighted by atomic mass is 15.1. The molecule has 0 fully saturated rings. The van der Waals surface area contributed by atoms with Crippen LogP contribution in [0.1, 0.15) is 69.9 Å². The third kappa shape index (κ3) is 3.92. The van der Waals surface area contributed by atoms with Crippen molar-refractivity contribution in [2.45, 2.75) is 58.8 Å². The van der Waals surface area contributed by atoms with Gasteiger partial charge in [-0.25, -0.2) is 0 Å². The molecule has 0 aliphatic rings. The lowest BCUT2D eigenvalue weighted by atomic mass is 9.96. The van der Waals surface area contributed by atoms with Crippen LogP contribution in [0.15, 0.2) is 79.1 Å². The Morgan fingerprint density at radius 3 is 2.07 bits per heavy atom. The molecular weight excluding hydrogens is 364 g/mol. The van der Waals surface area contributed by atoms with Gasteiger partial charge < -0.3 is 0 Å². The SMILES string of the molecule is CCCC(C)c1ccc(-n2c[n+](-c3ccc(C(C)CC)cc3)c3ccccc32)cc1. The van der Waals surface area contributed by atoms with Gasteiger partial charge in [-0.1, -0.05) is 70.5 Å². The fraction of sp³-hybridized carbons (Fsp3) is 0.321. The van der Waals surface area contributed by atoms with Gasteiger partial charge in [-0.05, 0) is 72.2 Å². The number of fused-ring (bicyclic) bond motifs is 1. The largest absolute Gasteiger partial charge is 0.255 e. The van der Waals surface area contributed by atoms with Crippen LogP contribution in [-0.2, 0) is 0 Å². The molecule has 1 aromatic heterocycles. The summed E-state index contributed by atoms with van der Waals surface area (Å²) in [6.07, 6.45) is 5.84.